The highest BCUT2D eigenvalue weighted by molar-refractivity contribution is 9.10. The first-order chi connectivity index (χ1) is 11.6. The molecule has 136 valence electrons. The van der Waals surface area contributed by atoms with Crippen LogP contribution in [-0.2, 0) is 6.42 Å². The van der Waals surface area contributed by atoms with Crippen molar-refractivity contribution >= 4 is 34.2 Å². The van der Waals surface area contributed by atoms with E-state index >= 15 is 0 Å². The SMILES string of the molecule is CCc1c(C(=O)N2CCC(CN)CC2)cnn1-c1ccc(Br)cc1.Cl. The predicted octanol–water partition coefficient (Wildman–Crippen LogP) is 3.43. The molecule has 1 saturated heterocycles. The molecule has 5 nitrogen and oxygen atoms in total. The molecule has 0 atom stereocenters. The van der Waals surface area contributed by atoms with Crippen molar-refractivity contribution in [2.24, 2.45) is 11.7 Å². The fraction of sp³-hybridized carbons (Fsp3) is 0.444. The molecule has 1 aromatic carbocycles. The van der Waals surface area contributed by atoms with Crippen molar-refractivity contribution in [1.29, 1.82) is 0 Å². The van der Waals surface area contributed by atoms with Crippen LogP contribution < -0.4 is 5.73 Å². The maximum Gasteiger partial charge on any atom is 0.257 e. The Morgan fingerprint density at radius 3 is 2.48 bits per heavy atom. The van der Waals surface area contributed by atoms with Gasteiger partial charge in [-0.05, 0) is 56.0 Å². The zero-order valence-corrected chi connectivity index (χ0v) is 16.7. The van der Waals surface area contributed by atoms with Gasteiger partial charge in [-0.3, -0.25) is 4.79 Å². The summed E-state index contributed by atoms with van der Waals surface area (Å²) in [6.07, 6.45) is 4.45. The van der Waals surface area contributed by atoms with Gasteiger partial charge < -0.3 is 10.6 Å². The predicted molar refractivity (Wildman–Crippen MR) is 106 cm³/mol. The van der Waals surface area contributed by atoms with Gasteiger partial charge >= 0.3 is 0 Å². The van der Waals surface area contributed by atoms with E-state index in [0.717, 1.165) is 48.2 Å². The lowest BCUT2D eigenvalue weighted by Crippen LogP contribution is -2.40. The molecule has 0 bridgehead atoms. The first-order valence-corrected chi connectivity index (χ1v) is 9.25. The highest BCUT2D eigenvalue weighted by Crippen LogP contribution is 2.22. The molecule has 1 amide bonds. The van der Waals surface area contributed by atoms with Gasteiger partial charge in [0.05, 0.1) is 23.1 Å². The number of aromatic nitrogens is 2. The Bertz CT molecular complexity index is 708. The van der Waals surface area contributed by atoms with E-state index in [1.54, 1.807) is 6.20 Å². The van der Waals surface area contributed by atoms with Gasteiger partial charge in [0.2, 0.25) is 0 Å². The minimum atomic E-state index is 0. The van der Waals surface area contributed by atoms with Gasteiger partial charge in [0, 0.05) is 17.6 Å². The fourth-order valence-electron chi connectivity index (χ4n) is 3.24. The molecular weight excluding hydrogens is 404 g/mol. The number of hydrogen-bond acceptors (Lipinski definition) is 3. The number of likely N-dealkylation sites (tertiary alicyclic amines) is 1. The molecule has 0 saturated carbocycles. The van der Waals surface area contributed by atoms with Crippen molar-refractivity contribution in [3.8, 4) is 5.69 Å². The van der Waals surface area contributed by atoms with Crippen molar-refractivity contribution in [2.45, 2.75) is 26.2 Å². The summed E-state index contributed by atoms with van der Waals surface area (Å²) in [6, 6.07) is 7.96. The van der Waals surface area contributed by atoms with Crippen LogP contribution in [0.2, 0.25) is 0 Å². The Morgan fingerprint density at radius 1 is 1.28 bits per heavy atom. The summed E-state index contributed by atoms with van der Waals surface area (Å²) >= 11 is 3.45. The molecule has 0 unspecified atom stereocenters. The van der Waals surface area contributed by atoms with E-state index in [0.29, 0.717) is 18.0 Å². The average molecular weight is 428 g/mol. The summed E-state index contributed by atoms with van der Waals surface area (Å²) in [5.41, 5.74) is 8.38. The van der Waals surface area contributed by atoms with E-state index in [1.165, 1.54) is 0 Å². The van der Waals surface area contributed by atoms with Crippen LogP contribution in [0.1, 0.15) is 35.8 Å². The molecule has 2 heterocycles. The monoisotopic (exact) mass is 426 g/mol. The minimum Gasteiger partial charge on any atom is -0.339 e. The van der Waals surface area contributed by atoms with Crippen LogP contribution in [0.25, 0.3) is 5.69 Å². The van der Waals surface area contributed by atoms with E-state index in [9.17, 15) is 4.79 Å². The second kappa shape index (κ2) is 8.83. The van der Waals surface area contributed by atoms with Crippen molar-refractivity contribution in [2.75, 3.05) is 19.6 Å². The maximum absolute atomic E-state index is 12.9. The number of carbonyl (C=O) groups is 1. The number of halogens is 2. The van der Waals surface area contributed by atoms with Gasteiger partial charge in [-0.15, -0.1) is 12.4 Å². The summed E-state index contributed by atoms with van der Waals surface area (Å²) in [7, 11) is 0. The molecule has 0 aliphatic carbocycles. The fourth-order valence-corrected chi connectivity index (χ4v) is 3.50. The van der Waals surface area contributed by atoms with Crippen LogP contribution in [0.3, 0.4) is 0 Å². The van der Waals surface area contributed by atoms with Crippen molar-refractivity contribution < 1.29 is 4.79 Å². The first-order valence-electron chi connectivity index (χ1n) is 8.46. The highest BCUT2D eigenvalue weighted by Gasteiger charge is 2.26. The Balaban J connectivity index is 0.00000225. The molecule has 1 aliphatic rings. The summed E-state index contributed by atoms with van der Waals surface area (Å²) < 4.78 is 2.89. The molecule has 2 N–H and O–H groups in total. The molecule has 1 aliphatic heterocycles. The van der Waals surface area contributed by atoms with E-state index in [2.05, 4.69) is 28.0 Å². The summed E-state index contributed by atoms with van der Waals surface area (Å²) in [5.74, 6) is 0.635. The third kappa shape index (κ3) is 4.25. The number of rotatable bonds is 4. The number of hydrogen-bond donors (Lipinski definition) is 1. The molecular formula is C18H24BrClN4O. The maximum atomic E-state index is 12.9. The first kappa shape index (κ1) is 19.9. The smallest absolute Gasteiger partial charge is 0.257 e. The molecule has 2 aromatic rings. The van der Waals surface area contributed by atoms with Crippen LogP contribution in [-0.4, -0.2) is 40.2 Å². The van der Waals surface area contributed by atoms with Crippen LogP contribution >= 0.6 is 28.3 Å². The summed E-state index contributed by atoms with van der Waals surface area (Å²) in [6.45, 7) is 4.34. The van der Waals surface area contributed by atoms with E-state index in [4.69, 9.17) is 5.73 Å². The summed E-state index contributed by atoms with van der Waals surface area (Å²) in [5, 5.41) is 4.47. The Kier molecular flexibility index (Phi) is 7.04. The lowest BCUT2D eigenvalue weighted by molar-refractivity contribution is 0.0692. The van der Waals surface area contributed by atoms with Crippen molar-refractivity contribution in [3.63, 3.8) is 0 Å². The molecule has 3 rings (SSSR count). The largest absolute Gasteiger partial charge is 0.339 e. The van der Waals surface area contributed by atoms with Crippen molar-refractivity contribution in [3.05, 3.63) is 46.2 Å². The number of nitrogens with two attached hydrogens (primary N) is 1. The zero-order chi connectivity index (χ0) is 17.1. The van der Waals surface area contributed by atoms with Crippen LogP contribution in [0.5, 0.6) is 0 Å². The highest BCUT2D eigenvalue weighted by atomic mass is 79.9. The number of amides is 1. The molecule has 7 heteroatoms. The molecule has 1 aromatic heterocycles. The quantitative estimate of drug-likeness (QED) is 0.813. The van der Waals surface area contributed by atoms with Crippen molar-refractivity contribution in [1.82, 2.24) is 14.7 Å². The lowest BCUT2D eigenvalue weighted by Gasteiger charge is -2.31. The van der Waals surface area contributed by atoms with Gasteiger partial charge in [-0.25, -0.2) is 4.68 Å². The van der Waals surface area contributed by atoms with Crippen LogP contribution in [0.4, 0.5) is 0 Å². The number of nitrogens with zero attached hydrogens (tertiary/aromatic N) is 3. The van der Waals surface area contributed by atoms with Gasteiger partial charge in [-0.1, -0.05) is 22.9 Å². The van der Waals surface area contributed by atoms with Gasteiger partial charge in [0.1, 0.15) is 0 Å². The van der Waals surface area contributed by atoms with E-state index in [1.807, 2.05) is 33.8 Å². The van der Waals surface area contributed by atoms with Gasteiger partial charge in [0.25, 0.3) is 5.91 Å². The van der Waals surface area contributed by atoms with E-state index in [-0.39, 0.29) is 18.3 Å². The standard InChI is InChI=1S/C18H23BrN4O.ClH/c1-2-17-16(18(24)22-9-7-13(11-20)8-10-22)12-21-23(17)15-5-3-14(19)4-6-15;/h3-6,12-13H,2,7-11,20H2,1H3;1H. The van der Waals surface area contributed by atoms with Gasteiger partial charge in [-0.2, -0.15) is 5.10 Å². The normalized spacial score (nSPS) is 15.1. The summed E-state index contributed by atoms with van der Waals surface area (Å²) in [4.78, 5) is 14.8. The third-order valence-electron chi connectivity index (χ3n) is 4.74. The lowest BCUT2D eigenvalue weighted by atomic mass is 9.96. The zero-order valence-electron chi connectivity index (χ0n) is 14.3. The number of piperidine rings is 1. The van der Waals surface area contributed by atoms with Crippen LogP contribution in [0, 0.1) is 5.92 Å². The number of benzene rings is 1. The third-order valence-corrected chi connectivity index (χ3v) is 5.27. The minimum absolute atomic E-state index is 0. The molecule has 25 heavy (non-hydrogen) atoms. The van der Waals surface area contributed by atoms with E-state index < -0.39 is 0 Å². The van der Waals surface area contributed by atoms with Gasteiger partial charge in [0.15, 0.2) is 0 Å². The molecule has 0 spiro atoms. The molecule has 0 radical (unpaired) electrons. The second-order valence-electron chi connectivity index (χ2n) is 6.22. The Labute approximate surface area is 163 Å². The Morgan fingerprint density at radius 2 is 1.92 bits per heavy atom. The van der Waals surface area contributed by atoms with Crippen LogP contribution in [0.15, 0.2) is 34.9 Å². The number of carbonyl (C=O) groups excluding carboxylic acids is 1. The molecule has 1 fully saturated rings. The average Bonchev–Trinajstić information content (AvgIpc) is 3.05. The Hall–Kier alpha value is -1.37. The second-order valence-corrected chi connectivity index (χ2v) is 7.13. The topological polar surface area (TPSA) is 64.2 Å².